The topological polar surface area (TPSA) is 50.2 Å². The van der Waals surface area contributed by atoms with E-state index in [0.717, 1.165) is 32.1 Å². The van der Waals surface area contributed by atoms with Gasteiger partial charge in [0, 0.05) is 12.4 Å². The van der Waals surface area contributed by atoms with Crippen LogP contribution in [0.4, 0.5) is 0 Å². The van der Waals surface area contributed by atoms with Gasteiger partial charge in [0.15, 0.2) is 0 Å². The third-order valence-electron chi connectivity index (χ3n) is 2.73. The van der Waals surface area contributed by atoms with E-state index in [-0.39, 0.29) is 5.92 Å². The predicted octanol–water partition coefficient (Wildman–Crippen LogP) is 2.91. The Kier molecular flexibility index (Phi) is 5.54. The lowest BCUT2D eigenvalue weighted by atomic mass is 9.96. The molecule has 0 radical (unpaired) electrons. The van der Waals surface area contributed by atoms with Crippen molar-refractivity contribution in [3.63, 3.8) is 0 Å². The molecule has 0 unspecified atom stereocenters. The van der Waals surface area contributed by atoms with E-state index in [1.54, 1.807) is 6.20 Å². The summed E-state index contributed by atoms with van der Waals surface area (Å²) < 4.78 is 0. The van der Waals surface area contributed by atoms with E-state index in [4.69, 9.17) is 5.11 Å². The molecule has 0 bridgehead atoms. The van der Waals surface area contributed by atoms with Gasteiger partial charge in [-0.15, -0.1) is 0 Å². The molecule has 0 spiro atoms. The number of aliphatic carboxylic acids is 1. The fourth-order valence-electron chi connectivity index (χ4n) is 1.84. The maximum Gasteiger partial charge on any atom is 0.306 e. The molecule has 0 amide bonds. The van der Waals surface area contributed by atoms with Crippen molar-refractivity contribution in [2.24, 2.45) is 5.92 Å². The fraction of sp³-hybridized carbons (Fsp3) is 0.538. The number of carboxylic acids is 1. The highest BCUT2D eigenvalue weighted by Gasteiger charge is 2.15. The highest BCUT2D eigenvalue weighted by Crippen LogP contribution is 2.15. The summed E-state index contributed by atoms with van der Waals surface area (Å²) in [6, 6.07) is 3.94. The van der Waals surface area contributed by atoms with Gasteiger partial charge in [0.05, 0.1) is 5.92 Å². The fourth-order valence-corrected chi connectivity index (χ4v) is 1.84. The summed E-state index contributed by atoms with van der Waals surface area (Å²) in [5.74, 6) is -0.838. The largest absolute Gasteiger partial charge is 0.481 e. The average molecular weight is 221 g/mol. The summed E-state index contributed by atoms with van der Waals surface area (Å²) in [7, 11) is 0. The van der Waals surface area contributed by atoms with Gasteiger partial charge in [-0.2, -0.15) is 0 Å². The Morgan fingerprint density at radius 1 is 1.50 bits per heavy atom. The first kappa shape index (κ1) is 12.7. The molecular formula is C13H19NO2. The molecule has 0 aliphatic carbocycles. The van der Waals surface area contributed by atoms with Gasteiger partial charge in [-0.05, 0) is 37.3 Å². The lowest BCUT2D eigenvalue weighted by molar-refractivity contribution is -0.142. The van der Waals surface area contributed by atoms with Crippen molar-refractivity contribution in [2.75, 3.05) is 0 Å². The van der Waals surface area contributed by atoms with Gasteiger partial charge in [0.2, 0.25) is 0 Å². The van der Waals surface area contributed by atoms with Gasteiger partial charge in [-0.1, -0.05) is 19.4 Å². The number of nitrogens with zero attached hydrogens (tertiary/aromatic N) is 1. The van der Waals surface area contributed by atoms with Crippen LogP contribution in [0.3, 0.4) is 0 Å². The Morgan fingerprint density at radius 2 is 2.31 bits per heavy atom. The molecule has 0 saturated carbocycles. The van der Waals surface area contributed by atoms with Crippen molar-refractivity contribution in [3.8, 4) is 0 Å². The second-order valence-electron chi connectivity index (χ2n) is 4.08. The molecule has 0 fully saturated rings. The van der Waals surface area contributed by atoms with Gasteiger partial charge in [-0.25, -0.2) is 0 Å². The predicted molar refractivity (Wildman–Crippen MR) is 63.2 cm³/mol. The van der Waals surface area contributed by atoms with Crippen LogP contribution in [0.1, 0.15) is 38.2 Å². The second-order valence-corrected chi connectivity index (χ2v) is 4.08. The van der Waals surface area contributed by atoms with Gasteiger partial charge in [0.25, 0.3) is 0 Å². The molecule has 1 heterocycles. The molecule has 16 heavy (non-hydrogen) atoms. The van der Waals surface area contributed by atoms with Crippen molar-refractivity contribution in [2.45, 2.75) is 39.0 Å². The number of hydrogen-bond donors (Lipinski definition) is 1. The van der Waals surface area contributed by atoms with Crippen molar-refractivity contribution in [1.82, 2.24) is 4.98 Å². The van der Waals surface area contributed by atoms with Crippen LogP contribution in [0.5, 0.6) is 0 Å². The van der Waals surface area contributed by atoms with Crippen LogP contribution in [-0.4, -0.2) is 16.1 Å². The first-order chi connectivity index (χ1) is 7.74. The molecule has 1 N–H and O–H groups in total. The van der Waals surface area contributed by atoms with Gasteiger partial charge in [0.1, 0.15) is 0 Å². The molecule has 0 aromatic carbocycles. The van der Waals surface area contributed by atoms with E-state index in [2.05, 4.69) is 4.98 Å². The summed E-state index contributed by atoms with van der Waals surface area (Å²) in [5.41, 5.74) is 1.18. The van der Waals surface area contributed by atoms with Crippen molar-refractivity contribution in [3.05, 3.63) is 30.1 Å². The first-order valence-electron chi connectivity index (χ1n) is 5.85. The Morgan fingerprint density at radius 3 is 2.88 bits per heavy atom. The highest BCUT2D eigenvalue weighted by atomic mass is 16.4. The van der Waals surface area contributed by atoms with E-state index in [1.807, 2.05) is 25.3 Å². The average Bonchev–Trinajstić information content (AvgIpc) is 2.29. The number of aryl methyl sites for hydroxylation is 1. The number of carbonyl (C=O) groups is 1. The van der Waals surface area contributed by atoms with Crippen molar-refractivity contribution >= 4 is 5.97 Å². The molecule has 3 nitrogen and oxygen atoms in total. The number of rotatable bonds is 7. The number of pyridine rings is 1. The van der Waals surface area contributed by atoms with Crippen molar-refractivity contribution < 1.29 is 9.90 Å². The molecule has 1 aromatic heterocycles. The second kappa shape index (κ2) is 6.99. The maximum atomic E-state index is 10.9. The number of carboxylic acid groups (broad SMARTS) is 1. The zero-order chi connectivity index (χ0) is 11.8. The highest BCUT2D eigenvalue weighted by molar-refractivity contribution is 5.69. The Balaban J connectivity index is 2.31. The molecule has 1 rings (SSSR count). The normalized spacial score (nSPS) is 12.3. The Hall–Kier alpha value is -1.38. The maximum absolute atomic E-state index is 10.9. The molecule has 1 atom stereocenters. The van der Waals surface area contributed by atoms with Gasteiger partial charge >= 0.3 is 5.97 Å². The van der Waals surface area contributed by atoms with E-state index in [0.29, 0.717) is 0 Å². The Bertz CT molecular complexity index is 311. The summed E-state index contributed by atoms with van der Waals surface area (Å²) in [5, 5.41) is 8.99. The quantitative estimate of drug-likeness (QED) is 0.770. The number of hydrogen-bond acceptors (Lipinski definition) is 2. The molecule has 0 saturated heterocycles. The third-order valence-corrected chi connectivity index (χ3v) is 2.73. The van der Waals surface area contributed by atoms with E-state index in [1.165, 1.54) is 5.56 Å². The molecular weight excluding hydrogens is 202 g/mol. The summed E-state index contributed by atoms with van der Waals surface area (Å²) >= 11 is 0. The minimum atomic E-state index is -0.659. The standard InChI is InChI=1S/C13H19NO2/c1-2-5-12(13(15)16)8-3-6-11-7-4-9-14-10-11/h4,7,9-10,12H,2-3,5-6,8H2,1H3,(H,15,16)/t12-/m1/s1. The van der Waals surface area contributed by atoms with Crippen LogP contribution < -0.4 is 0 Å². The number of aromatic nitrogens is 1. The first-order valence-corrected chi connectivity index (χ1v) is 5.85. The summed E-state index contributed by atoms with van der Waals surface area (Å²) in [6.45, 7) is 2.02. The Labute approximate surface area is 96.5 Å². The third kappa shape index (κ3) is 4.43. The van der Waals surface area contributed by atoms with Crippen LogP contribution in [0.15, 0.2) is 24.5 Å². The van der Waals surface area contributed by atoms with Crippen LogP contribution in [0.25, 0.3) is 0 Å². The molecule has 1 aromatic rings. The molecule has 3 heteroatoms. The monoisotopic (exact) mass is 221 g/mol. The zero-order valence-corrected chi connectivity index (χ0v) is 9.72. The molecule has 0 aliphatic heterocycles. The lowest BCUT2D eigenvalue weighted by Gasteiger charge is -2.10. The molecule has 88 valence electrons. The van der Waals surface area contributed by atoms with Crippen LogP contribution in [0, 0.1) is 5.92 Å². The van der Waals surface area contributed by atoms with E-state index in [9.17, 15) is 4.79 Å². The van der Waals surface area contributed by atoms with Crippen LogP contribution in [-0.2, 0) is 11.2 Å². The zero-order valence-electron chi connectivity index (χ0n) is 9.72. The van der Waals surface area contributed by atoms with Gasteiger partial charge in [-0.3, -0.25) is 9.78 Å². The summed E-state index contributed by atoms with van der Waals surface area (Å²) in [6.07, 6.45) is 7.91. The lowest BCUT2D eigenvalue weighted by Crippen LogP contribution is -2.13. The minimum absolute atomic E-state index is 0.179. The minimum Gasteiger partial charge on any atom is -0.481 e. The summed E-state index contributed by atoms with van der Waals surface area (Å²) in [4.78, 5) is 15.0. The smallest absolute Gasteiger partial charge is 0.306 e. The molecule has 0 aliphatic rings. The SMILES string of the molecule is CCC[C@H](CCCc1cccnc1)C(=O)O. The van der Waals surface area contributed by atoms with Crippen LogP contribution in [0.2, 0.25) is 0 Å². The van der Waals surface area contributed by atoms with E-state index < -0.39 is 5.97 Å². The van der Waals surface area contributed by atoms with Gasteiger partial charge < -0.3 is 5.11 Å². The van der Waals surface area contributed by atoms with E-state index >= 15 is 0 Å². The van der Waals surface area contributed by atoms with Crippen molar-refractivity contribution in [1.29, 1.82) is 0 Å². The van der Waals surface area contributed by atoms with Crippen LogP contribution >= 0.6 is 0 Å².